The predicted octanol–water partition coefficient (Wildman–Crippen LogP) is 0.523. The summed E-state index contributed by atoms with van der Waals surface area (Å²) >= 11 is 0. The second kappa shape index (κ2) is 8.13. The Morgan fingerprint density at radius 1 is 1.20 bits per heavy atom. The number of aliphatic hydroxyl groups is 2. The maximum Gasteiger partial charge on any atom is 0.303 e. The molecular weight excluding hydrogens is 346 g/mol. The topological polar surface area (TPSA) is 114 Å². The fourth-order valence-electron chi connectivity index (χ4n) is 2.30. The molecule has 1 amide bonds. The number of carbonyl (C=O) groups excluding carboxylic acids is 2. The lowest BCUT2D eigenvalue weighted by molar-refractivity contribution is -0.257. The van der Waals surface area contributed by atoms with E-state index in [1.165, 1.54) is 13.8 Å². The average Bonchev–Trinajstić information content (AvgIpc) is 2.43. The summed E-state index contributed by atoms with van der Waals surface area (Å²) in [6.07, 6.45) is -4.67. The highest BCUT2D eigenvalue weighted by Gasteiger charge is 2.48. The van der Waals surface area contributed by atoms with Crippen LogP contribution in [0.25, 0.3) is 0 Å². The highest BCUT2D eigenvalue weighted by molar-refractivity contribution is 6.74. The fourth-order valence-corrected chi connectivity index (χ4v) is 3.31. The van der Waals surface area contributed by atoms with E-state index in [0.29, 0.717) is 0 Å². The first-order chi connectivity index (χ1) is 11.3. The van der Waals surface area contributed by atoms with Gasteiger partial charge in [-0.15, -0.1) is 0 Å². The molecule has 0 bridgehead atoms. The molecule has 0 aromatic heterocycles. The molecule has 3 N–H and O–H groups in total. The van der Waals surface area contributed by atoms with Gasteiger partial charge in [-0.25, -0.2) is 0 Å². The number of esters is 1. The molecule has 0 saturated carbocycles. The van der Waals surface area contributed by atoms with Gasteiger partial charge in [0.2, 0.25) is 5.91 Å². The van der Waals surface area contributed by atoms with Crippen LogP contribution in [0.3, 0.4) is 0 Å². The molecule has 0 unspecified atom stereocenters. The Hall–Kier alpha value is -1.00. The number of carbonyl (C=O) groups is 2. The van der Waals surface area contributed by atoms with Crippen molar-refractivity contribution < 1.29 is 33.7 Å². The van der Waals surface area contributed by atoms with Gasteiger partial charge in [0.25, 0.3) is 0 Å². The normalized spacial score (nSPS) is 30.7. The first kappa shape index (κ1) is 22.0. The van der Waals surface area contributed by atoms with Gasteiger partial charge in [-0.1, -0.05) is 20.8 Å². The Balaban J connectivity index is 2.90. The molecule has 1 aliphatic heterocycles. The van der Waals surface area contributed by atoms with Crippen molar-refractivity contribution in [3.8, 4) is 0 Å². The summed E-state index contributed by atoms with van der Waals surface area (Å²) in [5.74, 6) is -1.06. The van der Waals surface area contributed by atoms with Gasteiger partial charge in [-0.3, -0.25) is 9.59 Å². The van der Waals surface area contributed by atoms with Gasteiger partial charge >= 0.3 is 5.97 Å². The molecule has 1 rings (SSSR count). The van der Waals surface area contributed by atoms with Crippen LogP contribution in [0.2, 0.25) is 18.1 Å². The molecule has 5 atom stereocenters. The number of hydrogen-bond donors (Lipinski definition) is 3. The standard InChI is InChI=1S/C16H31NO7Si/c1-9(18)17-12-14(23-10(2)19)13(20)11(24-15(12)21)8-22-25(6,7)16(3,4)5/h11-15,20-21H,8H2,1-7H3,(H,17,18)/t11-,12-,13-,14-,15-/m1/s1. The first-order valence-corrected chi connectivity index (χ1v) is 11.3. The number of nitrogens with one attached hydrogen (secondary N) is 1. The predicted molar refractivity (Wildman–Crippen MR) is 93.2 cm³/mol. The van der Waals surface area contributed by atoms with Crippen LogP contribution in [0.4, 0.5) is 0 Å². The van der Waals surface area contributed by atoms with E-state index in [0.717, 1.165) is 0 Å². The lowest BCUT2D eigenvalue weighted by Gasteiger charge is -2.44. The number of rotatable bonds is 5. The zero-order chi connectivity index (χ0) is 19.6. The van der Waals surface area contributed by atoms with Crippen LogP contribution in [0.5, 0.6) is 0 Å². The summed E-state index contributed by atoms with van der Waals surface area (Å²) in [7, 11) is -2.09. The Morgan fingerprint density at radius 3 is 2.20 bits per heavy atom. The van der Waals surface area contributed by atoms with Gasteiger partial charge in [-0.05, 0) is 18.1 Å². The van der Waals surface area contributed by atoms with E-state index < -0.39 is 50.8 Å². The Labute approximate surface area is 150 Å². The first-order valence-electron chi connectivity index (χ1n) is 8.36. The molecule has 0 aromatic rings. The number of ether oxygens (including phenoxy) is 2. The maximum atomic E-state index is 11.4. The van der Waals surface area contributed by atoms with Crippen LogP contribution in [-0.2, 0) is 23.5 Å². The number of aliphatic hydroxyl groups excluding tert-OH is 2. The van der Waals surface area contributed by atoms with Gasteiger partial charge in [0.15, 0.2) is 20.7 Å². The molecule has 9 heteroatoms. The molecule has 146 valence electrons. The lowest BCUT2D eigenvalue weighted by Crippen LogP contribution is -2.65. The van der Waals surface area contributed by atoms with E-state index in [-0.39, 0.29) is 11.6 Å². The highest BCUT2D eigenvalue weighted by atomic mass is 28.4. The number of hydrogen-bond acceptors (Lipinski definition) is 7. The van der Waals surface area contributed by atoms with E-state index in [1.807, 2.05) is 0 Å². The van der Waals surface area contributed by atoms with E-state index in [9.17, 15) is 19.8 Å². The molecule has 25 heavy (non-hydrogen) atoms. The molecule has 0 radical (unpaired) electrons. The molecule has 1 fully saturated rings. The van der Waals surface area contributed by atoms with Gasteiger partial charge in [0.1, 0.15) is 18.2 Å². The van der Waals surface area contributed by atoms with Crippen molar-refractivity contribution in [3.63, 3.8) is 0 Å². The minimum atomic E-state index is -2.09. The second-order valence-corrected chi connectivity index (χ2v) is 12.7. The summed E-state index contributed by atoms with van der Waals surface area (Å²) in [5, 5.41) is 23.2. The van der Waals surface area contributed by atoms with Crippen LogP contribution in [0.15, 0.2) is 0 Å². The minimum Gasteiger partial charge on any atom is -0.457 e. The Bertz CT molecular complexity index is 491. The molecule has 0 aliphatic carbocycles. The lowest BCUT2D eigenvalue weighted by atomic mass is 9.96. The average molecular weight is 378 g/mol. The summed E-state index contributed by atoms with van der Waals surface area (Å²) in [4.78, 5) is 22.7. The smallest absolute Gasteiger partial charge is 0.303 e. The van der Waals surface area contributed by atoms with Crippen LogP contribution in [0, 0.1) is 0 Å². The monoisotopic (exact) mass is 377 g/mol. The Kier molecular flexibility index (Phi) is 7.17. The third-order valence-electron chi connectivity index (χ3n) is 4.78. The zero-order valence-electron chi connectivity index (χ0n) is 16.0. The van der Waals surface area contributed by atoms with Gasteiger partial charge in [0, 0.05) is 13.8 Å². The van der Waals surface area contributed by atoms with Crippen molar-refractivity contribution in [2.75, 3.05) is 6.61 Å². The third kappa shape index (κ3) is 5.75. The van der Waals surface area contributed by atoms with Crippen molar-refractivity contribution in [1.29, 1.82) is 0 Å². The molecule has 1 heterocycles. The largest absolute Gasteiger partial charge is 0.457 e. The molecular formula is C16H31NO7Si. The second-order valence-electron chi connectivity index (χ2n) is 7.93. The van der Waals surface area contributed by atoms with Crippen LogP contribution in [-0.4, -0.2) is 67.7 Å². The van der Waals surface area contributed by atoms with Crippen LogP contribution in [0.1, 0.15) is 34.6 Å². The van der Waals surface area contributed by atoms with E-state index in [2.05, 4.69) is 39.2 Å². The molecule has 1 saturated heterocycles. The van der Waals surface area contributed by atoms with E-state index in [1.54, 1.807) is 0 Å². The SMILES string of the molecule is CC(=O)N[C@@H]1[C@@H](OC(C)=O)[C@H](O)[C@@H](CO[Si](C)(C)C(C)(C)C)O[C@H]1O. The summed E-state index contributed by atoms with van der Waals surface area (Å²) < 4.78 is 16.6. The van der Waals surface area contributed by atoms with Crippen molar-refractivity contribution in [3.05, 3.63) is 0 Å². The Morgan fingerprint density at radius 2 is 1.76 bits per heavy atom. The minimum absolute atomic E-state index is 0.0285. The number of amides is 1. The maximum absolute atomic E-state index is 11.4. The van der Waals surface area contributed by atoms with Gasteiger partial charge < -0.3 is 29.4 Å². The molecule has 0 spiro atoms. The summed E-state index contributed by atoms with van der Waals surface area (Å²) in [5.41, 5.74) is 0. The van der Waals surface area contributed by atoms with Gasteiger partial charge in [-0.2, -0.15) is 0 Å². The molecule has 0 aromatic carbocycles. The quantitative estimate of drug-likeness (QED) is 0.473. The van der Waals surface area contributed by atoms with Crippen molar-refractivity contribution in [1.82, 2.24) is 5.32 Å². The van der Waals surface area contributed by atoms with Crippen molar-refractivity contribution in [2.24, 2.45) is 0 Å². The van der Waals surface area contributed by atoms with Crippen molar-refractivity contribution >= 4 is 20.2 Å². The van der Waals surface area contributed by atoms with E-state index in [4.69, 9.17) is 13.9 Å². The summed E-state index contributed by atoms with van der Waals surface area (Å²) in [6, 6.07) is -1.06. The van der Waals surface area contributed by atoms with Crippen molar-refractivity contribution in [2.45, 2.75) is 83.4 Å². The molecule has 1 aliphatic rings. The van der Waals surface area contributed by atoms with Gasteiger partial charge in [0.05, 0.1) is 6.61 Å². The van der Waals surface area contributed by atoms with Crippen LogP contribution >= 0.6 is 0 Å². The third-order valence-corrected chi connectivity index (χ3v) is 9.28. The highest BCUT2D eigenvalue weighted by Crippen LogP contribution is 2.37. The molecule has 8 nitrogen and oxygen atoms in total. The zero-order valence-corrected chi connectivity index (χ0v) is 17.0. The van der Waals surface area contributed by atoms with E-state index >= 15 is 0 Å². The fraction of sp³-hybridized carbons (Fsp3) is 0.875. The van der Waals surface area contributed by atoms with Crippen LogP contribution < -0.4 is 5.32 Å². The summed E-state index contributed by atoms with van der Waals surface area (Å²) in [6.45, 7) is 12.9.